The lowest BCUT2D eigenvalue weighted by Crippen LogP contribution is -2.34. The predicted octanol–water partition coefficient (Wildman–Crippen LogP) is 4.26. The number of hydrogen-bond donors (Lipinski definition) is 1. The SMILES string of the molecule is COc1cccc(-c2noc([C@@H]3CCCN3C(=O)Nc3ccc(OC)c(F)c3)n2)c1. The van der Waals surface area contributed by atoms with Crippen LogP contribution in [-0.4, -0.2) is 41.8 Å². The minimum absolute atomic E-state index is 0.114. The molecule has 0 saturated carbocycles. The number of nitrogens with zero attached hydrogens (tertiary/aromatic N) is 3. The van der Waals surface area contributed by atoms with Crippen molar-refractivity contribution in [2.45, 2.75) is 18.9 Å². The number of likely N-dealkylation sites (tertiary alicyclic amines) is 1. The summed E-state index contributed by atoms with van der Waals surface area (Å²) in [7, 11) is 2.97. The molecule has 2 amide bonds. The molecule has 1 aromatic heterocycles. The molecule has 2 heterocycles. The highest BCUT2D eigenvalue weighted by atomic mass is 19.1. The smallest absolute Gasteiger partial charge is 0.322 e. The van der Waals surface area contributed by atoms with Crippen LogP contribution in [0.4, 0.5) is 14.9 Å². The quantitative estimate of drug-likeness (QED) is 0.673. The summed E-state index contributed by atoms with van der Waals surface area (Å²) in [6, 6.07) is 10.9. The summed E-state index contributed by atoms with van der Waals surface area (Å²) < 4.78 is 29.5. The van der Waals surface area contributed by atoms with E-state index in [-0.39, 0.29) is 17.8 Å². The van der Waals surface area contributed by atoms with E-state index in [0.717, 1.165) is 12.0 Å². The standard InChI is InChI=1S/C21H21FN4O4/c1-28-15-6-3-5-13(11-15)19-24-20(30-25-19)17-7-4-10-26(17)21(27)23-14-8-9-18(29-2)16(22)12-14/h3,5-6,8-9,11-12,17H,4,7,10H2,1-2H3,(H,23,27)/t17-/m0/s1. The highest BCUT2D eigenvalue weighted by Gasteiger charge is 2.34. The molecule has 3 aromatic rings. The third-order valence-corrected chi connectivity index (χ3v) is 4.97. The normalized spacial score (nSPS) is 15.8. The molecule has 0 unspecified atom stereocenters. The number of aromatic nitrogens is 2. The van der Waals surface area contributed by atoms with Gasteiger partial charge in [0.15, 0.2) is 11.6 Å². The predicted molar refractivity (Wildman–Crippen MR) is 107 cm³/mol. The summed E-state index contributed by atoms with van der Waals surface area (Å²) >= 11 is 0. The summed E-state index contributed by atoms with van der Waals surface area (Å²) in [5.74, 6) is 1.04. The summed E-state index contributed by atoms with van der Waals surface area (Å²) in [5, 5.41) is 6.77. The fourth-order valence-corrected chi connectivity index (χ4v) is 3.46. The van der Waals surface area contributed by atoms with Gasteiger partial charge in [-0.3, -0.25) is 0 Å². The maximum absolute atomic E-state index is 13.9. The van der Waals surface area contributed by atoms with Crippen molar-refractivity contribution in [1.82, 2.24) is 15.0 Å². The minimum atomic E-state index is -0.548. The van der Waals surface area contributed by atoms with Crippen LogP contribution in [0.15, 0.2) is 47.0 Å². The zero-order valence-corrected chi connectivity index (χ0v) is 16.6. The molecule has 9 heteroatoms. The average Bonchev–Trinajstić information content (AvgIpc) is 3.43. The molecule has 1 N–H and O–H groups in total. The van der Waals surface area contributed by atoms with Crippen LogP contribution in [0.1, 0.15) is 24.8 Å². The summed E-state index contributed by atoms with van der Waals surface area (Å²) in [6.45, 7) is 0.534. The Bertz CT molecular complexity index is 1050. The van der Waals surface area contributed by atoms with E-state index < -0.39 is 5.82 Å². The third kappa shape index (κ3) is 3.91. The Morgan fingerprint density at radius 3 is 2.87 bits per heavy atom. The van der Waals surface area contributed by atoms with Crippen molar-refractivity contribution < 1.29 is 23.2 Å². The molecule has 1 saturated heterocycles. The molecule has 8 nitrogen and oxygen atoms in total. The lowest BCUT2D eigenvalue weighted by atomic mass is 10.2. The van der Waals surface area contributed by atoms with Crippen molar-refractivity contribution in [1.29, 1.82) is 0 Å². The zero-order valence-electron chi connectivity index (χ0n) is 16.6. The van der Waals surface area contributed by atoms with Gasteiger partial charge >= 0.3 is 6.03 Å². The third-order valence-electron chi connectivity index (χ3n) is 4.97. The van der Waals surface area contributed by atoms with E-state index in [1.165, 1.54) is 19.2 Å². The van der Waals surface area contributed by atoms with Crippen molar-refractivity contribution in [3.8, 4) is 22.9 Å². The number of amides is 2. The maximum atomic E-state index is 13.9. The van der Waals surface area contributed by atoms with Gasteiger partial charge in [-0.15, -0.1) is 0 Å². The Balaban J connectivity index is 1.50. The van der Waals surface area contributed by atoms with Crippen molar-refractivity contribution >= 4 is 11.7 Å². The van der Waals surface area contributed by atoms with Crippen molar-refractivity contribution in [2.75, 3.05) is 26.1 Å². The first-order valence-electron chi connectivity index (χ1n) is 9.48. The van der Waals surface area contributed by atoms with E-state index in [1.54, 1.807) is 18.1 Å². The molecule has 1 atom stereocenters. The fourth-order valence-electron chi connectivity index (χ4n) is 3.46. The van der Waals surface area contributed by atoms with Crippen LogP contribution >= 0.6 is 0 Å². The number of anilines is 1. The molecular formula is C21H21FN4O4. The van der Waals surface area contributed by atoms with Gasteiger partial charge in [0.25, 0.3) is 0 Å². The van der Waals surface area contributed by atoms with E-state index in [1.807, 2.05) is 24.3 Å². The summed E-state index contributed by atoms with van der Waals surface area (Å²) in [4.78, 5) is 18.9. The van der Waals surface area contributed by atoms with Gasteiger partial charge in [-0.25, -0.2) is 9.18 Å². The van der Waals surface area contributed by atoms with Gasteiger partial charge in [-0.1, -0.05) is 17.3 Å². The Morgan fingerprint density at radius 1 is 1.23 bits per heavy atom. The summed E-state index contributed by atoms with van der Waals surface area (Å²) in [6.07, 6.45) is 1.50. The molecule has 0 aliphatic carbocycles. The van der Waals surface area contributed by atoms with E-state index in [0.29, 0.717) is 36.1 Å². The van der Waals surface area contributed by atoms with Crippen molar-refractivity contribution in [2.24, 2.45) is 0 Å². The van der Waals surface area contributed by atoms with Crippen LogP contribution in [-0.2, 0) is 0 Å². The number of hydrogen-bond acceptors (Lipinski definition) is 6. The molecule has 1 aliphatic heterocycles. The number of halogens is 1. The van der Waals surface area contributed by atoms with E-state index in [4.69, 9.17) is 14.0 Å². The van der Waals surface area contributed by atoms with E-state index >= 15 is 0 Å². The average molecular weight is 412 g/mol. The Hall–Kier alpha value is -3.62. The van der Waals surface area contributed by atoms with Crippen LogP contribution in [0.3, 0.4) is 0 Å². The van der Waals surface area contributed by atoms with Crippen LogP contribution < -0.4 is 14.8 Å². The van der Waals surface area contributed by atoms with Gasteiger partial charge in [0.1, 0.15) is 11.8 Å². The number of carbonyl (C=O) groups excluding carboxylic acids is 1. The number of benzene rings is 2. The largest absolute Gasteiger partial charge is 0.497 e. The van der Waals surface area contributed by atoms with Gasteiger partial charge in [-0.05, 0) is 37.1 Å². The second-order valence-corrected chi connectivity index (χ2v) is 6.82. The first kappa shape index (κ1) is 19.7. The first-order valence-corrected chi connectivity index (χ1v) is 9.48. The number of urea groups is 1. The zero-order chi connectivity index (χ0) is 21.1. The van der Waals surface area contributed by atoms with Crippen LogP contribution in [0.25, 0.3) is 11.4 Å². The monoisotopic (exact) mass is 412 g/mol. The number of rotatable bonds is 5. The molecule has 0 radical (unpaired) electrons. The molecule has 156 valence electrons. The van der Waals surface area contributed by atoms with Gasteiger partial charge < -0.3 is 24.2 Å². The highest BCUT2D eigenvalue weighted by Crippen LogP contribution is 2.33. The number of ether oxygens (including phenoxy) is 2. The van der Waals surface area contributed by atoms with Crippen molar-refractivity contribution in [3.63, 3.8) is 0 Å². The second-order valence-electron chi connectivity index (χ2n) is 6.82. The molecule has 2 aromatic carbocycles. The van der Waals surface area contributed by atoms with Gasteiger partial charge in [0, 0.05) is 23.9 Å². The van der Waals surface area contributed by atoms with Crippen LogP contribution in [0.5, 0.6) is 11.5 Å². The Kier molecular flexibility index (Phi) is 5.51. The topological polar surface area (TPSA) is 89.7 Å². The number of nitrogens with one attached hydrogen (secondary N) is 1. The molecule has 1 fully saturated rings. The molecule has 4 rings (SSSR count). The Morgan fingerprint density at radius 2 is 2.10 bits per heavy atom. The summed E-state index contributed by atoms with van der Waals surface area (Å²) in [5.41, 5.74) is 1.10. The molecule has 0 spiro atoms. The van der Waals surface area contributed by atoms with Gasteiger partial charge in [0.05, 0.1) is 14.2 Å². The fraction of sp³-hybridized carbons (Fsp3) is 0.286. The molecule has 1 aliphatic rings. The number of carbonyl (C=O) groups is 1. The minimum Gasteiger partial charge on any atom is -0.497 e. The van der Waals surface area contributed by atoms with Crippen molar-refractivity contribution in [3.05, 3.63) is 54.2 Å². The maximum Gasteiger partial charge on any atom is 0.322 e. The van der Waals surface area contributed by atoms with Gasteiger partial charge in [0.2, 0.25) is 11.7 Å². The lowest BCUT2D eigenvalue weighted by Gasteiger charge is -2.22. The highest BCUT2D eigenvalue weighted by molar-refractivity contribution is 5.89. The molecule has 30 heavy (non-hydrogen) atoms. The van der Waals surface area contributed by atoms with Gasteiger partial charge in [-0.2, -0.15) is 4.98 Å². The van der Waals surface area contributed by atoms with E-state index in [2.05, 4.69) is 15.5 Å². The van der Waals surface area contributed by atoms with Crippen LogP contribution in [0, 0.1) is 5.82 Å². The molecule has 0 bridgehead atoms. The van der Waals surface area contributed by atoms with E-state index in [9.17, 15) is 9.18 Å². The van der Waals surface area contributed by atoms with Crippen LogP contribution in [0.2, 0.25) is 0 Å². The molecular weight excluding hydrogens is 391 g/mol. The second kappa shape index (κ2) is 8.40. The Labute approximate surface area is 172 Å². The first-order chi connectivity index (χ1) is 14.6. The lowest BCUT2D eigenvalue weighted by molar-refractivity contribution is 0.193. The number of methoxy groups -OCH3 is 2.